The van der Waals surface area contributed by atoms with Gasteiger partial charge in [0.05, 0.1) is 6.61 Å². The van der Waals surface area contributed by atoms with Crippen LogP contribution in [0.3, 0.4) is 0 Å². The van der Waals surface area contributed by atoms with Gasteiger partial charge in [-0.1, -0.05) is 25.6 Å². The highest BCUT2D eigenvalue weighted by Crippen LogP contribution is 2.07. The van der Waals surface area contributed by atoms with E-state index in [1.165, 1.54) is 0 Å². The van der Waals surface area contributed by atoms with E-state index in [4.69, 9.17) is 22.7 Å². The summed E-state index contributed by atoms with van der Waals surface area (Å²) < 4.78 is 5.42. The van der Waals surface area contributed by atoms with Crippen LogP contribution in [-0.2, 0) is 4.74 Å². The highest BCUT2D eigenvalue weighted by atomic mass is 32.1. The average Bonchev–Trinajstić information content (AvgIpc) is 2.34. The summed E-state index contributed by atoms with van der Waals surface area (Å²) in [6.07, 6.45) is 5.39. The first-order chi connectivity index (χ1) is 8.25. The first-order valence-electron chi connectivity index (χ1n) is 5.68. The van der Waals surface area contributed by atoms with Crippen LogP contribution in [0, 0.1) is 0 Å². The smallest absolute Gasteiger partial charge is 0.155 e. The molecule has 0 saturated carbocycles. The Bertz CT molecular complexity index is 359. The molecule has 1 heterocycles. The number of aromatic nitrogens is 2. The number of hydrogen-bond donors (Lipinski definition) is 2. The molecule has 17 heavy (non-hydrogen) atoms. The van der Waals surface area contributed by atoms with Crippen LogP contribution in [0.2, 0.25) is 0 Å². The summed E-state index contributed by atoms with van der Waals surface area (Å²) in [5.41, 5.74) is 6.07. The summed E-state index contributed by atoms with van der Waals surface area (Å²) >= 11 is 4.89. The molecule has 0 aliphatic heterocycles. The number of thiocarbonyl (C=S) groups is 1. The van der Waals surface area contributed by atoms with Crippen molar-refractivity contribution in [3.8, 4) is 0 Å². The molecule has 1 aromatic heterocycles. The maximum Gasteiger partial charge on any atom is 0.155 e. The molecule has 0 unspecified atom stereocenters. The largest absolute Gasteiger partial charge is 0.388 e. The van der Waals surface area contributed by atoms with Crippen LogP contribution in [0.1, 0.15) is 25.5 Å². The van der Waals surface area contributed by atoms with E-state index < -0.39 is 0 Å². The molecule has 0 aliphatic rings. The zero-order valence-electron chi connectivity index (χ0n) is 9.98. The Morgan fingerprint density at radius 2 is 2.18 bits per heavy atom. The van der Waals surface area contributed by atoms with Crippen molar-refractivity contribution in [3.63, 3.8) is 0 Å². The van der Waals surface area contributed by atoms with Crippen molar-refractivity contribution in [3.05, 3.63) is 18.1 Å². The maximum atomic E-state index is 5.54. The van der Waals surface area contributed by atoms with Gasteiger partial charge in [0.2, 0.25) is 0 Å². The molecule has 0 aliphatic carbocycles. The fraction of sp³-hybridized carbons (Fsp3) is 0.545. The van der Waals surface area contributed by atoms with Crippen LogP contribution in [-0.4, -0.2) is 34.7 Å². The van der Waals surface area contributed by atoms with Crippen LogP contribution < -0.4 is 11.1 Å². The van der Waals surface area contributed by atoms with Gasteiger partial charge in [-0.05, 0) is 6.42 Å². The number of nitrogens with zero attached hydrogens (tertiary/aromatic N) is 2. The summed E-state index contributed by atoms with van der Waals surface area (Å²) in [6.45, 7) is 4.22. The molecule has 6 heteroatoms. The number of hydrogen-bond acceptors (Lipinski definition) is 5. The Kier molecular flexibility index (Phi) is 6.42. The molecule has 94 valence electrons. The minimum absolute atomic E-state index is 0.243. The molecule has 0 radical (unpaired) electrons. The van der Waals surface area contributed by atoms with Gasteiger partial charge in [-0.2, -0.15) is 0 Å². The number of rotatable bonds is 8. The van der Waals surface area contributed by atoms with E-state index in [-0.39, 0.29) is 4.99 Å². The van der Waals surface area contributed by atoms with Crippen LogP contribution in [0.15, 0.2) is 12.4 Å². The fourth-order valence-corrected chi connectivity index (χ4v) is 1.39. The van der Waals surface area contributed by atoms with Crippen LogP contribution in [0.25, 0.3) is 0 Å². The molecule has 1 rings (SSSR count). The quantitative estimate of drug-likeness (QED) is 0.539. The minimum Gasteiger partial charge on any atom is -0.388 e. The van der Waals surface area contributed by atoms with Gasteiger partial charge >= 0.3 is 0 Å². The molecular formula is C11H18N4OS. The van der Waals surface area contributed by atoms with E-state index in [0.717, 1.165) is 19.4 Å². The van der Waals surface area contributed by atoms with Gasteiger partial charge in [-0.15, -0.1) is 0 Å². The third-order valence-corrected chi connectivity index (χ3v) is 2.31. The molecule has 5 nitrogen and oxygen atoms in total. The lowest BCUT2D eigenvalue weighted by atomic mass is 10.4. The molecule has 0 saturated heterocycles. The summed E-state index contributed by atoms with van der Waals surface area (Å²) in [4.78, 5) is 8.45. The monoisotopic (exact) mass is 254 g/mol. The van der Waals surface area contributed by atoms with Gasteiger partial charge in [0.15, 0.2) is 5.82 Å². The molecule has 0 amide bonds. The molecule has 0 atom stereocenters. The Morgan fingerprint density at radius 1 is 1.41 bits per heavy atom. The second kappa shape index (κ2) is 7.92. The molecule has 1 aromatic rings. The number of nitrogens with two attached hydrogens (primary N) is 1. The van der Waals surface area contributed by atoms with Gasteiger partial charge in [-0.3, -0.25) is 0 Å². The number of anilines is 1. The standard InChI is InChI=1S/C11H18N4OS/c1-2-3-7-16-8-6-15-11-9(10(12)17)13-4-5-14-11/h4-5H,2-3,6-8H2,1H3,(H2,12,17)(H,14,15). The van der Waals surface area contributed by atoms with Gasteiger partial charge in [0.1, 0.15) is 10.7 Å². The number of nitrogens with one attached hydrogen (secondary N) is 1. The van der Waals surface area contributed by atoms with E-state index in [9.17, 15) is 0 Å². The predicted molar refractivity (Wildman–Crippen MR) is 72.1 cm³/mol. The molecule has 0 fully saturated rings. The normalized spacial score (nSPS) is 10.2. The van der Waals surface area contributed by atoms with Crippen molar-refractivity contribution >= 4 is 23.0 Å². The van der Waals surface area contributed by atoms with Crippen LogP contribution in [0.4, 0.5) is 5.82 Å². The van der Waals surface area contributed by atoms with Crippen LogP contribution in [0.5, 0.6) is 0 Å². The number of ether oxygens (including phenoxy) is 1. The van der Waals surface area contributed by atoms with Gasteiger partial charge in [-0.25, -0.2) is 9.97 Å². The van der Waals surface area contributed by atoms with Crippen LogP contribution >= 0.6 is 12.2 Å². The van der Waals surface area contributed by atoms with Gasteiger partial charge in [0.25, 0.3) is 0 Å². The van der Waals surface area contributed by atoms with E-state index in [2.05, 4.69) is 22.2 Å². The second-order valence-electron chi connectivity index (χ2n) is 3.51. The summed E-state index contributed by atoms with van der Waals surface area (Å²) in [6, 6.07) is 0. The van der Waals surface area contributed by atoms with E-state index in [0.29, 0.717) is 24.7 Å². The summed E-state index contributed by atoms with van der Waals surface area (Å²) in [5, 5.41) is 3.11. The lowest BCUT2D eigenvalue weighted by molar-refractivity contribution is 0.141. The molecular weight excluding hydrogens is 236 g/mol. The van der Waals surface area contributed by atoms with Crippen molar-refractivity contribution in [2.45, 2.75) is 19.8 Å². The fourth-order valence-electron chi connectivity index (χ4n) is 1.24. The van der Waals surface area contributed by atoms with Gasteiger partial charge < -0.3 is 15.8 Å². The third kappa shape index (κ3) is 5.06. The Balaban J connectivity index is 2.34. The zero-order valence-corrected chi connectivity index (χ0v) is 10.8. The van der Waals surface area contributed by atoms with E-state index in [1.54, 1.807) is 12.4 Å². The predicted octanol–water partition coefficient (Wildman–Crippen LogP) is 1.34. The molecule has 0 spiro atoms. The highest BCUT2D eigenvalue weighted by Gasteiger charge is 2.06. The highest BCUT2D eigenvalue weighted by molar-refractivity contribution is 7.80. The van der Waals surface area contributed by atoms with Crippen molar-refractivity contribution in [1.29, 1.82) is 0 Å². The summed E-state index contributed by atoms with van der Waals surface area (Å²) in [5.74, 6) is 0.610. The van der Waals surface area contributed by atoms with Crippen molar-refractivity contribution in [1.82, 2.24) is 9.97 Å². The molecule has 0 bridgehead atoms. The first kappa shape index (κ1) is 13.8. The molecule has 0 aromatic carbocycles. The molecule has 3 N–H and O–H groups in total. The lowest BCUT2D eigenvalue weighted by Gasteiger charge is -2.09. The average molecular weight is 254 g/mol. The minimum atomic E-state index is 0.243. The van der Waals surface area contributed by atoms with Crippen molar-refractivity contribution in [2.75, 3.05) is 25.1 Å². The summed E-state index contributed by atoms with van der Waals surface area (Å²) in [7, 11) is 0. The lowest BCUT2D eigenvalue weighted by Crippen LogP contribution is -2.18. The second-order valence-corrected chi connectivity index (χ2v) is 3.95. The Hall–Kier alpha value is -1.27. The van der Waals surface area contributed by atoms with E-state index >= 15 is 0 Å². The number of unbranched alkanes of at least 4 members (excludes halogenated alkanes) is 1. The Morgan fingerprint density at radius 3 is 2.88 bits per heavy atom. The zero-order chi connectivity index (χ0) is 12.5. The Labute approximate surface area is 107 Å². The SMILES string of the molecule is CCCCOCCNc1nccnc1C(N)=S. The third-order valence-electron chi connectivity index (χ3n) is 2.11. The topological polar surface area (TPSA) is 73.1 Å². The first-order valence-corrected chi connectivity index (χ1v) is 6.09. The van der Waals surface area contributed by atoms with Gasteiger partial charge in [0, 0.05) is 25.5 Å². The maximum absolute atomic E-state index is 5.54. The van der Waals surface area contributed by atoms with E-state index in [1.807, 2.05) is 0 Å². The van der Waals surface area contributed by atoms with Crippen molar-refractivity contribution < 1.29 is 4.74 Å². The van der Waals surface area contributed by atoms with Crippen molar-refractivity contribution in [2.24, 2.45) is 5.73 Å².